The molecule has 0 saturated carbocycles. The molecule has 0 heterocycles. The maximum atomic E-state index is 8.80. The average Bonchev–Trinajstić information content (AvgIpc) is 2.15. The van der Waals surface area contributed by atoms with Crippen molar-refractivity contribution in [3.8, 4) is 5.75 Å². The smallest absolute Gasteiger partial charge is 0.122 e. The number of aliphatic hydroxyl groups excluding tert-OH is 1. The molecule has 0 saturated heterocycles. The van der Waals surface area contributed by atoms with Crippen molar-refractivity contribution in [3.05, 3.63) is 28.8 Å². The van der Waals surface area contributed by atoms with E-state index in [2.05, 4.69) is 19.9 Å². The molecule has 0 spiro atoms. The minimum absolute atomic E-state index is 0.233. The summed E-state index contributed by atoms with van der Waals surface area (Å²) in [7, 11) is 1.69. The summed E-state index contributed by atoms with van der Waals surface area (Å²) in [6, 6.07) is 4.19. The van der Waals surface area contributed by atoms with Crippen LogP contribution in [0.1, 0.15) is 23.1 Å². The molecule has 14 heavy (non-hydrogen) atoms. The van der Waals surface area contributed by atoms with Crippen molar-refractivity contribution < 1.29 is 9.84 Å². The predicted molar refractivity (Wildman–Crippen MR) is 57.9 cm³/mol. The molecule has 2 heteroatoms. The Labute approximate surface area is 85.5 Å². The lowest BCUT2D eigenvalue weighted by Crippen LogP contribution is -1.98. The SMILES string of the molecule is COc1cc(C)cc(C)c1CCCO. The Kier molecular flexibility index (Phi) is 3.96. The van der Waals surface area contributed by atoms with Crippen LogP contribution in [0.25, 0.3) is 0 Å². The maximum absolute atomic E-state index is 8.80. The molecule has 0 aliphatic rings. The Balaban J connectivity index is 2.99. The van der Waals surface area contributed by atoms with Crippen LogP contribution in [0.15, 0.2) is 12.1 Å². The fourth-order valence-electron chi connectivity index (χ4n) is 1.72. The van der Waals surface area contributed by atoms with Gasteiger partial charge in [0.05, 0.1) is 7.11 Å². The number of methoxy groups -OCH3 is 1. The largest absolute Gasteiger partial charge is 0.496 e. The molecule has 0 amide bonds. The lowest BCUT2D eigenvalue weighted by molar-refractivity contribution is 0.287. The van der Waals surface area contributed by atoms with E-state index >= 15 is 0 Å². The van der Waals surface area contributed by atoms with Crippen molar-refractivity contribution in [2.45, 2.75) is 26.7 Å². The second-order valence-electron chi connectivity index (χ2n) is 3.59. The first kappa shape index (κ1) is 11.1. The maximum Gasteiger partial charge on any atom is 0.122 e. The van der Waals surface area contributed by atoms with Gasteiger partial charge in [0, 0.05) is 6.61 Å². The second-order valence-corrected chi connectivity index (χ2v) is 3.59. The zero-order valence-corrected chi connectivity index (χ0v) is 9.13. The summed E-state index contributed by atoms with van der Waals surface area (Å²) in [5.41, 5.74) is 3.68. The van der Waals surface area contributed by atoms with Gasteiger partial charge in [-0.1, -0.05) is 6.07 Å². The van der Waals surface area contributed by atoms with E-state index in [1.165, 1.54) is 16.7 Å². The topological polar surface area (TPSA) is 29.5 Å². The molecule has 1 aromatic carbocycles. The Hall–Kier alpha value is -1.02. The predicted octanol–water partition coefficient (Wildman–Crippen LogP) is 2.24. The van der Waals surface area contributed by atoms with Crippen LogP contribution in [-0.2, 0) is 6.42 Å². The minimum Gasteiger partial charge on any atom is -0.496 e. The number of benzene rings is 1. The molecule has 0 bridgehead atoms. The van der Waals surface area contributed by atoms with E-state index in [1.54, 1.807) is 7.11 Å². The molecule has 0 aliphatic heterocycles. The molecule has 2 nitrogen and oxygen atoms in total. The molecular weight excluding hydrogens is 176 g/mol. The van der Waals surface area contributed by atoms with Crippen LogP contribution in [0.5, 0.6) is 5.75 Å². The molecule has 0 fully saturated rings. The zero-order chi connectivity index (χ0) is 10.6. The molecule has 0 aromatic heterocycles. The lowest BCUT2D eigenvalue weighted by Gasteiger charge is -2.12. The first-order valence-corrected chi connectivity index (χ1v) is 4.94. The average molecular weight is 194 g/mol. The fourth-order valence-corrected chi connectivity index (χ4v) is 1.72. The van der Waals surface area contributed by atoms with E-state index in [0.717, 1.165) is 18.6 Å². The highest BCUT2D eigenvalue weighted by atomic mass is 16.5. The summed E-state index contributed by atoms with van der Waals surface area (Å²) < 4.78 is 5.32. The van der Waals surface area contributed by atoms with Gasteiger partial charge in [-0.25, -0.2) is 0 Å². The summed E-state index contributed by atoms with van der Waals surface area (Å²) in [4.78, 5) is 0. The van der Waals surface area contributed by atoms with Crippen molar-refractivity contribution in [1.82, 2.24) is 0 Å². The van der Waals surface area contributed by atoms with Gasteiger partial charge in [0.15, 0.2) is 0 Å². The van der Waals surface area contributed by atoms with Crippen molar-refractivity contribution in [2.24, 2.45) is 0 Å². The van der Waals surface area contributed by atoms with Crippen molar-refractivity contribution >= 4 is 0 Å². The quantitative estimate of drug-likeness (QED) is 0.796. The van der Waals surface area contributed by atoms with Gasteiger partial charge in [0.2, 0.25) is 0 Å². The first-order chi connectivity index (χ1) is 6.69. The van der Waals surface area contributed by atoms with E-state index in [1.807, 2.05) is 6.07 Å². The number of hydrogen-bond donors (Lipinski definition) is 1. The second kappa shape index (κ2) is 5.01. The standard InChI is InChI=1S/C12H18O2/c1-9-7-10(2)11(5-4-6-13)12(8-9)14-3/h7-8,13H,4-6H2,1-3H3. The number of aryl methyl sites for hydroxylation is 2. The summed E-state index contributed by atoms with van der Waals surface area (Å²) in [6.45, 7) is 4.38. The third-order valence-electron chi connectivity index (χ3n) is 2.38. The lowest BCUT2D eigenvalue weighted by atomic mass is 10.0. The van der Waals surface area contributed by atoms with E-state index in [9.17, 15) is 0 Å². The van der Waals surface area contributed by atoms with Gasteiger partial charge >= 0.3 is 0 Å². The molecule has 0 atom stereocenters. The van der Waals surface area contributed by atoms with E-state index < -0.39 is 0 Å². The van der Waals surface area contributed by atoms with Crippen molar-refractivity contribution in [1.29, 1.82) is 0 Å². The summed E-state index contributed by atoms with van der Waals surface area (Å²) in [5.74, 6) is 0.941. The van der Waals surface area contributed by atoms with Gasteiger partial charge in [0.25, 0.3) is 0 Å². The Morgan fingerprint density at radius 1 is 1.29 bits per heavy atom. The zero-order valence-electron chi connectivity index (χ0n) is 9.13. The Morgan fingerprint density at radius 3 is 2.57 bits per heavy atom. The molecule has 1 aromatic rings. The number of aliphatic hydroxyl groups is 1. The first-order valence-electron chi connectivity index (χ1n) is 4.94. The summed E-state index contributed by atoms with van der Waals surface area (Å²) in [6.07, 6.45) is 1.67. The Bertz CT molecular complexity index is 305. The van der Waals surface area contributed by atoms with E-state index in [0.29, 0.717) is 0 Å². The highest BCUT2D eigenvalue weighted by Crippen LogP contribution is 2.25. The van der Waals surface area contributed by atoms with Gasteiger partial charge in [-0.3, -0.25) is 0 Å². The van der Waals surface area contributed by atoms with Crippen molar-refractivity contribution in [2.75, 3.05) is 13.7 Å². The molecule has 0 radical (unpaired) electrons. The highest BCUT2D eigenvalue weighted by Gasteiger charge is 2.06. The summed E-state index contributed by atoms with van der Waals surface area (Å²) in [5, 5.41) is 8.80. The molecule has 1 rings (SSSR count). The van der Waals surface area contributed by atoms with Crippen LogP contribution in [0, 0.1) is 13.8 Å². The van der Waals surface area contributed by atoms with Crippen LogP contribution < -0.4 is 4.74 Å². The van der Waals surface area contributed by atoms with Crippen LogP contribution in [0.3, 0.4) is 0 Å². The van der Waals surface area contributed by atoms with Crippen LogP contribution in [0.2, 0.25) is 0 Å². The minimum atomic E-state index is 0.233. The van der Waals surface area contributed by atoms with Gasteiger partial charge in [-0.15, -0.1) is 0 Å². The van der Waals surface area contributed by atoms with Gasteiger partial charge in [0.1, 0.15) is 5.75 Å². The van der Waals surface area contributed by atoms with E-state index in [-0.39, 0.29) is 6.61 Å². The molecular formula is C12H18O2. The Morgan fingerprint density at radius 2 is 2.00 bits per heavy atom. The molecule has 0 unspecified atom stereocenters. The number of hydrogen-bond acceptors (Lipinski definition) is 2. The number of rotatable bonds is 4. The van der Waals surface area contributed by atoms with Crippen molar-refractivity contribution in [3.63, 3.8) is 0 Å². The van der Waals surface area contributed by atoms with E-state index in [4.69, 9.17) is 9.84 Å². The van der Waals surface area contributed by atoms with Gasteiger partial charge < -0.3 is 9.84 Å². The normalized spacial score (nSPS) is 10.3. The fraction of sp³-hybridized carbons (Fsp3) is 0.500. The summed E-state index contributed by atoms with van der Waals surface area (Å²) >= 11 is 0. The highest BCUT2D eigenvalue weighted by molar-refractivity contribution is 5.43. The van der Waals surface area contributed by atoms with Crippen LogP contribution in [-0.4, -0.2) is 18.8 Å². The number of ether oxygens (including phenoxy) is 1. The molecule has 1 N–H and O–H groups in total. The molecule has 0 aliphatic carbocycles. The van der Waals surface area contributed by atoms with Crippen LogP contribution >= 0.6 is 0 Å². The third-order valence-corrected chi connectivity index (χ3v) is 2.38. The van der Waals surface area contributed by atoms with Crippen LogP contribution in [0.4, 0.5) is 0 Å². The third kappa shape index (κ3) is 2.48. The van der Waals surface area contributed by atoms with Gasteiger partial charge in [-0.05, 0) is 49.4 Å². The molecule has 78 valence electrons. The monoisotopic (exact) mass is 194 g/mol. The van der Waals surface area contributed by atoms with Gasteiger partial charge in [-0.2, -0.15) is 0 Å².